The Morgan fingerprint density at radius 1 is 0.456 bits per heavy atom. The van der Waals surface area contributed by atoms with Gasteiger partial charge in [-0.1, -0.05) is 139 Å². The molecule has 0 radical (unpaired) electrons. The number of hydrogen-bond acceptors (Lipinski definition) is 4. The van der Waals surface area contributed by atoms with Gasteiger partial charge in [-0.15, -0.1) is 0 Å². The van der Waals surface area contributed by atoms with E-state index in [0.717, 1.165) is 14.7 Å². The van der Waals surface area contributed by atoms with E-state index in [1.54, 1.807) is 24.3 Å². The fourth-order valence-corrected chi connectivity index (χ4v) is 7.26. The summed E-state index contributed by atoms with van der Waals surface area (Å²) in [5.41, 5.74) is -2.21. The molecule has 0 unspecified atom stereocenters. The summed E-state index contributed by atoms with van der Waals surface area (Å²) in [5, 5.41) is -2.26. The van der Waals surface area contributed by atoms with E-state index >= 15 is 0 Å². The molecule has 0 bridgehead atoms. The molecule has 0 spiro atoms. The van der Waals surface area contributed by atoms with Gasteiger partial charge in [-0.05, 0) is 59.5 Å². The number of nitrogens with zero attached hydrogens (tertiary/aromatic N) is 5. The van der Waals surface area contributed by atoms with Gasteiger partial charge in [0.25, 0.3) is 0 Å². The maximum absolute atomic E-state index is 9.91. The molecule has 0 atom stereocenters. The van der Waals surface area contributed by atoms with Gasteiger partial charge in [-0.2, -0.15) is 9.97 Å². The zero-order chi connectivity index (χ0) is 56.6. The molecular weight excluding hydrogens is 699 g/mol. The van der Waals surface area contributed by atoms with Crippen molar-refractivity contribution in [2.45, 2.75) is 0 Å². The molecule has 0 fully saturated rings. The lowest BCUT2D eigenvalue weighted by Gasteiger charge is -2.12. The first-order chi connectivity index (χ1) is 37.4. The zero-order valence-electron chi connectivity index (χ0n) is 50.8. The molecule has 12 aromatic rings. The van der Waals surface area contributed by atoms with Crippen molar-refractivity contribution in [2.24, 2.45) is 0 Å². The highest BCUT2D eigenvalue weighted by molar-refractivity contribution is 6.26. The van der Waals surface area contributed by atoms with Crippen LogP contribution < -0.4 is 0 Å². The molecule has 4 heterocycles. The molecule has 0 aliphatic heterocycles. The van der Waals surface area contributed by atoms with Crippen LogP contribution in [0.25, 0.3) is 111 Å². The minimum absolute atomic E-state index is 0.224. The van der Waals surface area contributed by atoms with Crippen molar-refractivity contribution >= 4 is 65.6 Å². The number of benzene rings is 8. The predicted molar refractivity (Wildman–Crippen MR) is 232 cm³/mol. The smallest absolute Gasteiger partial charge is 0.238 e. The largest absolute Gasteiger partial charge is 0.455 e. The van der Waals surface area contributed by atoms with Gasteiger partial charge in [0.1, 0.15) is 11.2 Å². The molecule has 6 nitrogen and oxygen atoms in total. The SMILES string of the molecule is [2H]c1c([2H])c([2H])c(-n2c3c([2H])c([2H])c([2H])c([2H])c3c3c([2H])c([2H])c4c(c5c([2H])c([2H])c([2H])c([2H])c5n4-c4nc(-c5cccc(-c6ccccc6)c5)nc(-c5c([2H])c([2H])c([2H])c6c5oc5c([2H])c([2H])c([2H])c([2H])c56)n4)c32)c([2H])c1[2H]. The number of aromatic nitrogens is 5. The van der Waals surface area contributed by atoms with E-state index in [9.17, 15) is 12.3 Å². The molecule has 12 rings (SSSR count). The fraction of sp³-hybridized carbons (Fsp3) is 0. The molecule has 6 heteroatoms. The summed E-state index contributed by atoms with van der Waals surface area (Å²) in [6, 6.07) is -1.07. The summed E-state index contributed by atoms with van der Waals surface area (Å²) in [4.78, 5) is 14.5. The van der Waals surface area contributed by atoms with Crippen molar-refractivity contribution in [3.63, 3.8) is 0 Å². The molecule has 0 aliphatic carbocycles. The molecule has 266 valence electrons. The average Bonchev–Trinajstić information content (AvgIpc) is 4.35. The van der Waals surface area contributed by atoms with Crippen LogP contribution >= 0.6 is 0 Å². The van der Waals surface area contributed by atoms with Gasteiger partial charge in [0.15, 0.2) is 11.6 Å². The summed E-state index contributed by atoms with van der Waals surface area (Å²) in [7, 11) is 0. The lowest BCUT2D eigenvalue weighted by molar-refractivity contribution is 0.669. The van der Waals surface area contributed by atoms with E-state index in [1.165, 1.54) is 0 Å². The minimum atomic E-state index is -0.870. The van der Waals surface area contributed by atoms with E-state index < -0.39 is 205 Å². The van der Waals surface area contributed by atoms with Gasteiger partial charge < -0.3 is 8.98 Å². The average molecular weight is 752 g/mol. The van der Waals surface area contributed by atoms with Crippen LogP contribution in [0.2, 0.25) is 0 Å². The van der Waals surface area contributed by atoms with Gasteiger partial charge in [-0.25, -0.2) is 4.98 Å². The second kappa shape index (κ2) is 12.3. The lowest BCUT2D eigenvalue weighted by Crippen LogP contribution is -2.06. The van der Waals surface area contributed by atoms with Gasteiger partial charge in [0.05, 0.1) is 57.8 Å². The molecule has 57 heavy (non-hydrogen) atoms. The van der Waals surface area contributed by atoms with Crippen molar-refractivity contribution in [3.05, 3.63) is 188 Å². The first-order valence-corrected chi connectivity index (χ1v) is 17.3. The summed E-state index contributed by atoms with van der Waals surface area (Å²) in [6.45, 7) is 0. The predicted octanol–water partition coefficient (Wildman–Crippen LogP) is 13.0. The van der Waals surface area contributed by atoms with Crippen LogP contribution in [0.3, 0.4) is 0 Å². The van der Waals surface area contributed by atoms with Crippen LogP contribution in [0.4, 0.5) is 0 Å². The van der Waals surface area contributed by atoms with Crippen LogP contribution in [-0.2, 0) is 0 Å². The van der Waals surface area contributed by atoms with Crippen molar-refractivity contribution in [3.8, 4) is 45.5 Å². The van der Waals surface area contributed by atoms with Gasteiger partial charge in [0.2, 0.25) is 5.95 Å². The topological polar surface area (TPSA) is 61.7 Å². The Balaban J connectivity index is 1.34. The fourth-order valence-electron chi connectivity index (χ4n) is 7.26. The highest BCUT2D eigenvalue weighted by Crippen LogP contribution is 2.42. The normalized spacial score (nSPS) is 17.3. The van der Waals surface area contributed by atoms with E-state index in [0.29, 0.717) is 5.56 Å². The van der Waals surface area contributed by atoms with Gasteiger partial charge in [0, 0.05) is 43.6 Å². The van der Waals surface area contributed by atoms with E-state index in [2.05, 4.69) is 0 Å². The Bertz CT molecular complexity index is 4790. The van der Waals surface area contributed by atoms with E-state index in [-0.39, 0.29) is 27.5 Å². The van der Waals surface area contributed by atoms with Crippen molar-refractivity contribution in [2.75, 3.05) is 0 Å². The van der Waals surface area contributed by atoms with Gasteiger partial charge >= 0.3 is 0 Å². The summed E-state index contributed by atoms with van der Waals surface area (Å²) < 4.78 is 207. The summed E-state index contributed by atoms with van der Waals surface area (Å²) in [6.07, 6.45) is 0. The van der Waals surface area contributed by atoms with Crippen molar-refractivity contribution < 1.29 is 34.6 Å². The molecular formula is C51H31N5O. The van der Waals surface area contributed by atoms with Crippen LogP contribution in [0, 0.1) is 0 Å². The highest BCUT2D eigenvalue weighted by atomic mass is 16.3. The Hall–Kier alpha value is -7.83. The third kappa shape index (κ3) is 4.81. The number of rotatable bonds is 5. The quantitative estimate of drug-likeness (QED) is 0.176. The Labute approximate surface area is 357 Å². The molecule has 0 saturated heterocycles. The monoisotopic (exact) mass is 751 g/mol. The standard InChI is InChI=1S/C51H31N5O/c1-3-15-32(16-4-1)33-17-13-18-34(31-33)49-52-50(41-25-14-24-39-37-22-9-12-28-45(37)57-48(39)41)54-51(53-49)56-43-27-11-8-23-40(43)46-44(56)30-29-38-36-21-7-10-26-42(36)55(47(38)46)35-19-5-2-6-20-35/h1-31H/i2D,5D,6D,7D,8D,9D,10D,11D,12D,14D,19D,20D,21D,22D,23D,24D,25D,26D,27D,28D,29D,30D. The van der Waals surface area contributed by atoms with Crippen molar-refractivity contribution in [1.29, 1.82) is 0 Å². The molecule has 0 aliphatic rings. The number of fused-ring (bicyclic) bond motifs is 10. The Morgan fingerprint density at radius 2 is 1.14 bits per heavy atom. The molecule has 0 N–H and O–H groups in total. The van der Waals surface area contributed by atoms with Gasteiger partial charge in [-0.3, -0.25) is 4.57 Å². The first kappa shape index (κ1) is 16.9. The minimum Gasteiger partial charge on any atom is -0.455 e. The Kier molecular flexibility index (Phi) is 3.66. The third-order valence-corrected chi connectivity index (χ3v) is 9.67. The maximum Gasteiger partial charge on any atom is 0.238 e. The second-order valence-electron chi connectivity index (χ2n) is 12.8. The number of furan rings is 1. The molecule has 0 saturated carbocycles. The second-order valence-corrected chi connectivity index (χ2v) is 12.8. The third-order valence-electron chi connectivity index (χ3n) is 9.67. The summed E-state index contributed by atoms with van der Waals surface area (Å²) >= 11 is 0. The maximum atomic E-state index is 9.91. The molecule has 0 amide bonds. The van der Waals surface area contributed by atoms with Crippen LogP contribution in [0.5, 0.6) is 0 Å². The first-order valence-electron chi connectivity index (χ1n) is 28.3. The van der Waals surface area contributed by atoms with E-state index in [4.69, 9.17) is 37.2 Å². The van der Waals surface area contributed by atoms with Crippen molar-refractivity contribution in [1.82, 2.24) is 24.1 Å². The Morgan fingerprint density at radius 3 is 2.00 bits per heavy atom. The lowest BCUT2D eigenvalue weighted by atomic mass is 10.0. The molecule has 8 aromatic carbocycles. The number of hydrogen-bond donors (Lipinski definition) is 0. The van der Waals surface area contributed by atoms with Crippen LogP contribution in [0.15, 0.2) is 192 Å². The van der Waals surface area contributed by atoms with Crippen LogP contribution in [-0.4, -0.2) is 24.1 Å². The zero-order valence-corrected chi connectivity index (χ0v) is 28.8. The highest BCUT2D eigenvalue weighted by Gasteiger charge is 2.24. The molecule has 4 aromatic heterocycles. The van der Waals surface area contributed by atoms with Crippen LogP contribution in [0.1, 0.15) is 30.2 Å². The number of para-hydroxylation sites is 5. The van der Waals surface area contributed by atoms with E-state index in [1.807, 2.05) is 30.3 Å². The summed E-state index contributed by atoms with van der Waals surface area (Å²) in [5.74, 6) is -1.33.